The molecule has 86 heavy (non-hydrogen) atoms. The van der Waals surface area contributed by atoms with Gasteiger partial charge >= 0.3 is 53.7 Å². The number of halogens is 6. The maximum atomic E-state index is 11.8. The Bertz CT molecular complexity index is 1760. The smallest absolute Gasteiger partial charge is 0.332 e. The van der Waals surface area contributed by atoms with Gasteiger partial charge in [0.25, 0.3) is 0 Å². The molecule has 3 amide bonds. The summed E-state index contributed by atoms with van der Waals surface area (Å²) >= 11 is 0. The minimum absolute atomic E-state index is 0.0104. The van der Waals surface area contributed by atoms with Gasteiger partial charge in [-0.2, -0.15) is 0 Å². The lowest BCUT2D eigenvalue weighted by Gasteiger charge is -2.16. The molecule has 0 saturated carbocycles. The van der Waals surface area contributed by atoms with Gasteiger partial charge in [-0.3, -0.25) is 65.5 Å². The highest BCUT2D eigenvalue weighted by Gasteiger charge is 2.28. The molecule has 0 aromatic carbocycles. The van der Waals surface area contributed by atoms with E-state index in [1.807, 2.05) is 0 Å². The predicted octanol–water partition coefficient (Wildman–Crippen LogP) is -3.63. The summed E-state index contributed by atoms with van der Waals surface area (Å²) in [4.78, 5) is 126. The van der Waals surface area contributed by atoms with E-state index >= 15 is 0 Å². The van der Waals surface area contributed by atoms with Crippen LogP contribution in [0.25, 0.3) is 0 Å². The van der Waals surface area contributed by atoms with Crippen molar-refractivity contribution in [2.45, 2.75) is 138 Å². The van der Waals surface area contributed by atoms with Gasteiger partial charge in [0.05, 0.1) is 59.0 Å². The van der Waals surface area contributed by atoms with Gasteiger partial charge < -0.3 is 117 Å². The molecular weight excluding hydrogens is 1190 g/mol. The van der Waals surface area contributed by atoms with Crippen LogP contribution in [0.15, 0.2) is 0 Å². The fourth-order valence-corrected chi connectivity index (χ4v) is 5.45. The molecule has 0 aromatic heterocycles. The summed E-state index contributed by atoms with van der Waals surface area (Å²) in [6.07, 6.45) is -5.43. The third-order valence-corrected chi connectivity index (χ3v) is 10.1. The second-order valence-electron chi connectivity index (χ2n) is 17.3. The highest BCUT2D eigenvalue weighted by Crippen LogP contribution is 2.15. The van der Waals surface area contributed by atoms with Crippen molar-refractivity contribution in [2.75, 3.05) is 66.5 Å². The van der Waals surface area contributed by atoms with Crippen molar-refractivity contribution in [3.8, 4) is 0 Å². The van der Waals surface area contributed by atoms with Crippen LogP contribution in [-0.4, -0.2) is 245 Å². The Morgan fingerprint density at radius 2 is 0.512 bits per heavy atom. The van der Waals surface area contributed by atoms with Crippen LogP contribution in [0, 0.1) is 11.8 Å². The monoisotopic (exact) mass is 1270 g/mol. The molecule has 0 aromatic rings. The third-order valence-electron chi connectivity index (χ3n) is 10.1. The largest absolute Gasteiger partial charge is 0.481 e. The van der Waals surface area contributed by atoms with E-state index in [1.54, 1.807) is 0 Å². The number of primary amides is 3. The topological polar surface area (TPSA) is 658 Å². The number of amides is 3. The first-order valence-corrected chi connectivity index (χ1v) is 25.2. The predicted molar refractivity (Wildman–Crippen MR) is 281 cm³/mol. The summed E-state index contributed by atoms with van der Waals surface area (Å²) in [6, 6.07) is -7.39. The molecule has 0 rings (SSSR count). The highest BCUT2D eigenvalue weighted by molar-refractivity contribution is 5.82. The molecule has 0 spiro atoms. The van der Waals surface area contributed by atoms with Crippen molar-refractivity contribution in [3.05, 3.63) is 0 Å². The van der Waals surface area contributed by atoms with E-state index in [1.165, 1.54) is 0 Å². The first-order valence-electron chi connectivity index (χ1n) is 25.2. The normalized spacial score (nSPS) is 14.7. The Kier molecular flexibility index (Phi) is 58.3. The van der Waals surface area contributed by atoms with Gasteiger partial charge in [0.2, 0.25) is 17.7 Å². The number of alkyl halides is 6. The summed E-state index contributed by atoms with van der Waals surface area (Å²) in [6.45, 7) is -4.69. The summed E-state index contributed by atoms with van der Waals surface area (Å²) in [5.41, 5.74) is 45.8. The summed E-state index contributed by atoms with van der Waals surface area (Å²) in [5.74, 6) is -15.1. The highest BCUT2D eigenvalue weighted by atomic mass is 18.2. The maximum Gasteiger partial charge on any atom is 0.332 e. The Morgan fingerprint density at radius 1 is 0.279 bits per heavy atom. The maximum absolute atomic E-state index is 11.8. The molecule has 0 bridgehead atoms. The number of carboxylic acids is 9. The lowest BCUT2D eigenvalue weighted by atomic mass is 9.95. The van der Waals surface area contributed by atoms with Crippen molar-refractivity contribution in [1.29, 1.82) is 0 Å². The molecule has 34 nitrogen and oxygen atoms in total. The number of nitrogens with two attached hydrogens (primary N) is 9. The zero-order chi connectivity index (χ0) is 68.2. The molecule has 6 unspecified atom stereocenters. The number of hydrogen-bond acceptors (Lipinski definition) is 22. The number of carbonyl (C=O) groups excluding carboxylic acids is 3. The van der Waals surface area contributed by atoms with Crippen molar-refractivity contribution < 1.29 is 149 Å². The van der Waals surface area contributed by atoms with E-state index < -0.39 is 184 Å². The van der Waals surface area contributed by atoms with Crippen molar-refractivity contribution in [2.24, 2.45) is 63.4 Å². The summed E-state index contributed by atoms with van der Waals surface area (Å²) in [7, 11) is 0. The Labute approximate surface area is 487 Å². The Morgan fingerprint density at radius 3 is 0.744 bits per heavy atom. The van der Waals surface area contributed by atoms with E-state index in [9.17, 15) is 83.9 Å². The SMILES string of the molecule is NC(=O)[C@@H](CCC[18F])CC(N)C(=O)O.NC(=O)[C@H](CC(N)C(=O)O)OCCC[18F].NC(=O)[C@H](CC(N)C(=O)O)OCC[18F].NC(C[C@H](CCC[18F])C(=O)O)C(=O)O.NC(C[C@H](OCCC[18F])C(=O)O)C(=O)O.NC(C[C@H](OCC[18F])C(=O)O)C(=O)O. The number of carboxylic acid groups (broad SMARTS) is 9. The molecule has 12 atom stereocenters. The van der Waals surface area contributed by atoms with E-state index in [0.29, 0.717) is 0 Å². The molecule has 0 heterocycles. The number of carbonyl (C=O) groups is 12. The van der Waals surface area contributed by atoms with Gasteiger partial charge in [0.1, 0.15) is 61.8 Å². The molecule has 0 aliphatic carbocycles. The second-order valence-corrected chi connectivity index (χ2v) is 17.3. The minimum atomic E-state index is -1.38. The van der Waals surface area contributed by atoms with Gasteiger partial charge in [-0.15, -0.1) is 0 Å². The molecule has 0 fully saturated rings. The van der Waals surface area contributed by atoms with Crippen LogP contribution in [0.2, 0.25) is 0 Å². The van der Waals surface area contributed by atoms with Crippen LogP contribution in [0.3, 0.4) is 0 Å². The Balaban J connectivity index is -0.000000223. The number of rotatable bonds is 44. The lowest BCUT2D eigenvalue weighted by Crippen LogP contribution is -2.41. The Hall–Kier alpha value is -7.18. The zero-order valence-electron chi connectivity index (χ0n) is 46.5. The van der Waals surface area contributed by atoms with Gasteiger partial charge in [-0.05, 0) is 51.4 Å². The van der Waals surface area contributed by atoms with Gasteiger partial charge in [0, 0.05) is 31.6 Å². The molecule has 0 aliphatic rings. The van der Waals surface area contributed by atoms with Crippen LogP contribution in [0.4, 0.5) is 26.3 Å². The molecule has 40 heteroatoms. The van der Waals surface area contributed by atoms with Crippen LogP contribution in [0.1, 0.15) is 77.0 Å². The van der Waals surface area contributed by atoms with Crippen LogP contribution >= 0.6 is 0 Å². The van der Waals surface area contributed by atoms with Crippen LogP contribution < -0.4 is 51.6 Å². The van der Waals surface area contributed by atoms with E-state index in [4.69, 9.17) is 107 Å². The number of ether oxygens (including phenoxy) is 4. The first kappa shape index (κ1) is 90.0. The van der Waals surface area contributed by atoms with E-state index in [2.05, 4.69) is 9.47 Å². The standard InChI is InChI=1S/C8H15FN2O4.C8H15FN2O3.C8H14FNO5.C8H14FNO4.C7H13FN2O4.C7H12FNO5/c9-2-1-3-15-6(7(11)12)4-5(10)8(13)14;9-3-1-2-5(7(11)12)4-6(10)8(13)14;9-2-1-3-15-6(8(13)14)4-5(10)7(11)12;9-3-1-2-5(7(11)12)4-6(10)8(13)14;8-1-2-14-5(6(10)11)3-4(9)7(12)13;8-1-2-14-5(7(12)13)3-4(9)6(10)11/h5-6H,1-4,10H2,(H2,11,12)(H,13,14);5-6H,1-4,10H2,(H2,11,12)(H,13,14);5-6H,1-4,10H2,(H,11,12)(H,13,14);5-6H,1-4,10H2,(H,11,12)(H,13,14);4-5H,1-3,9H2,(H2,10,11)(H,12,13);4-5H,1-3,9H2,(H,10,11)(H,12,13)/t5?,6-;5-,6?;5?,6-;5-,6?;2*4?,5-/m000000/s1/i4*9-1;2*8-1. The molecule has 0 aliphatic heterocycles. The minimum Gasteiger partial charge on any atom is -0.481 e. The third kappa shape index (κ3) is 53.5. The van der Waals surface area contributed by atoms with Gasteiger partial charge in [-0.25, -0.2) is 18.4 Å². The van der Waals surface area contributed by atoms with Crippen molar-refractivity contribution >= 4 is 71.4 Å². The van der Waals surface area contributed by atoms with E-state index in [0.717, 1.165) is 0 Å². The molecule has 0 saturated heterocycles. The quantitative estimate of drug-likeness (QED) is 0.0207. The van der Waals surface area contributed by atoms with Crippen molar-refractivity contribution in [3.63, 3.8) is 0 Å². The molecular formula is C46H83F6N9O25. The number of aliphatic carboxylic acids is 9. The average molecular weight is 1270 g/mol. The van der Waals surface area contributed by atoms with Crippen LogP contribution in [0.5, 0.6) is 0 Å². The average Bonchev–Trinajstić information content (AvgIpc) is 3.45. The van der Waals surface area contributed by atoms with Gasteiger partial charge in [0.15, 0.2) is 12.2 Å². The summed E-state index contributed by atoms with van der Waals surface area (Å²) < 4.78 is 89.3. The fraction of sp³-hybridized carbons (Fsp3) is 0.739. The van der Waals surface area contributed by atoms with E-state index in [-0.39, 0.29) is 103 Å². The van der Waals surface area contributed by atoms with Crippen LogP contribution in [-0.2, 0) is 76.5 Å². The number of hydrogen-bond donors (Lipinski definition) is 18. The zero-order valence-corrected chi connectivity index (χ0v) is 46.5. The fourth-order valence-electron chi connectivity index (χ4n) is 5.45. The molecule has 27 N–H and O–H groups in total. The molecule has 504 valence electrons. The second kappa shape index (κ2) is 55.7. The lowest BCUT2D eigenvalue weighted by molar-refractivity contribution is -0.153. The van der Waals surface area contributed by atoms with Gasteiger partial charge in [-0.1, -0.05) is 0 Å². The first-order chi connectivity index (χ1) is 39.9. The summed E-state index contributed by atoms with van der Waals surface area (Å²) in [5, 5.41) is 76.5. The molecule has 0 radical (unpaired) electrons. The van der Waals surface area contributed by atoms with Crippen molar-refractivity contribution in [1.82, 2.24) is 0 Å².